The van der Waals surface area contributed by atoms with Crippen LogP contribution in [-0.2, 0) is 29.8 Å². The fourth-order valence-electron chi connectivity index (χ4n) is 6.60. The average Bonchev–Trinajstić information content (AvgIpc) is 3.71. The second kappa shape index (κ2) is 13.6. The highest BCUT2D eigenvalue weighted by Crippen LogP contribution is 2.45. The third-order valence-corrected chi connectivity index (χ3v) is 11.2. The molecule has 5 heterocycles. The first-order valence-corrected chi connectivity index (χ1v) is 20.0. The molecule has 260 valence electrons. The van der Waals surface area contributed by atoms with Crippen molar-refractivity contribution in [2.24, 2.45) is 0 Å². The lowest BCUT2D eigenvalue weighted by Gasteiger charge is -2.52. The summed E-state index contributed by atoms with van der Waals surface area (Å²) < 4.78 is 49.8. The Hall–Kier alpha value is -4.17. The highest BCUT2D eigenvalue weighted by Gasteiger charge is 2.49. The van der Waals surface area contributed by atoms with Gasteiger partial charge in [0.2, 0.25) is 0 Å². The molecule has 2 fully saturated rings. The van der Waals surface area contributed by atoms with Gasteiger partial charge < -0.3 is 19.3 Å². The van der Waals surface area contributed by atoms with E-state index in [1.165, 1.54) is 17.3 Å². The molecule has 0 unspecified atom stereocenters. The van der Waals surface area contributed by atoms with Gasteiger partial charge in [-0.1, -0.05) is 19.6 Å². The van der Waals surface area contributed by atoms with Crippen molar-refractivity contribution in [1.82, 2.24) is 39.1 Å². The normalized spacial score (nSPS) is 20.4. The summed E-state index contributed by atoms with van der Waals surface area (Å²) in [5, 5.41) is 24.8. The fourth-order valence-corrected chi connectivity index (χ4v) is 7.36. The van der Waals surface area contributed by atoms with E-state index in [1.54, 1.807) is 6.20 Å². The van der Waals surface area contributed by atoms with Crippen LogP contribution >= 0.6 is 0 Å². The number of pyridine rings is 1. The molecule has 4 aromatic rings. The maximum absolute atomic E-state index is 13.3. The Balaban J connectivity index is 1.09. The molecule has 49 heavy (non-hydrogen) atoms. The molecule has 0 bridgehead atoms. The third-order valence-electron chi connectivity index (χ3n) is 9.46. The van der Waals surface area contributed by atoms with Crippen LogP contribution in [0.4, 0.5) is 13.2 Å². The molecule has 0 radical (unpaired) electrons. The van der Waals surface area contributed by atoms with Crippen molar-refractivity contribution in [2.45, 2.75) is 76.0 Å². The molecule has 0 aromatic carbocycles. The molecule has 2 aliphatic rings. The van der Waals surface area contributed by atoms with Crippen LogP contribution in [0, 0.1) is 11.3 Å². The molecular weight excluding hydrogens is 656 g/mol. The van der Waals surface area contributed by atoms with Crippen LogP contribution in [0.2, 0.25) is 25.7 Å². The van der Waals surface area contributed by atoms with Crippen LogP contribution in [0.15, 0.2) is 43.1 Å². The third kappa shape index (κ3) is 7.39. The minimum Gasteiger partial charge on any atom is -0.392 e. The van der Waals surface area contributed by atoms with Gasteiger partial charge in [-0.05, 0) is 42.6 Å². The average molecular weight is 696 g/mol. The highest BCUT2D eigenvalue weighted by atomic mass is 28.3. The van der Waals surface area contributed by atoms with E-state index in [0.717, 1.165) is 34.4 Å². The number of aromatic nitrogens is 6. The number of aliphatic hydroxyl groups excluding tert-OH is 1. The molecule has 1 aliphatic carbocycles. The largest absolute Gasteiger partial charge is 0.433 e. The van der Waals surface area contributed by atoms with Gasteiger partial charge in [-0.25, -0.2) is 15.0 Å². The molecule has 0 spiro atoms. The Morgan fingerprint density at radius 1 is 1.16 bits per heavy atom. The first kappa shape index (κ1) is 34.7. The molecule has 0 atom stereocenters. The fraction of sp³-hybridized carbons (Fsp3) is 0.515. The predicted molar refractivity (Wildman–Crippen MR) is 177 cm³/mol. The zero-order valence-corrected chi connectivity index (χ0v) is 28.8. The first-order chi connectivity index (χ1) is 23.3. The maximum Gasteiger partial charge on any atom is 0.433 e. The second-order valence-corrected chi connectivity index (χ2v) is 19.7. The van der Waals surface area contributed by atoms with Crippen molar-refractivity contribution in [2.75, 3.05) is 32.8 Å². The number of nitriles is 1. The standard InChI is InChI=1S/C33H40F3N9O3Si/c1-49(2,3)13-12-48-22-44-7-4-26-29(38-21-39-30(26)44)24-18-40-45(19-24)32(5-6-37)16-25(17-32)42-8-10-43(11-9-42)31(47)27-14-23(20-46)15-28(41-27)33(34,35)36/h4,7,14-15,18-19,21,25,46H,5,8-13,16-17,20,22H2,1-3H3/t25-,32-. The lowest BCUT2D eigenvalue weighted by molar-refractivity contribution is -0.141. The predicted octanol–water partition coefficient (Wildman–Crippen LogP) is 4.74. The molecule has 1 amide bonds. The van der Waals surface area contributed by atoms with Gasteiger partial charge in [0.1, 0.15) is 30.1 Å². The van der Waals surface area contributed by atoms with E-state index in [-0.39, 0.29) is 23.7 Å². The van der Waals surface area contributed by atoms with Gasteiger partial charge in [-0.3, -0.25) is 14.4 Å². The van der Waals surface area contributed by atoms with Crippen molar-refractivity contribution in [3.05, 3.63) is 60.1 Å². The van der Waals surface area contributed by atoms with Gasteiger partial charge >= 0.3 is 6.18 Å². The summed E-state index contributed by atoms with van der Waals surface area (Å²) >= 11 is 0. The van der Waals surface area contributed by atoms with Crippen molar-refractivity contribution < 1.29 is 27.8 Å². The summed E-state index contributed by atoms with van der Waals surface area (Å²) in [5.74, 6) is -0.597. The Morgan fingerprint density at radius 2 is 1.92 bits per heavy atom. The summed E-state index contributed by atoms with van der Waals surface area (Å²) in [4.78, 5) is 29.5. The second-order valence-electron chi connectivity index (χ2n) is 14.1. The van der Waals surface area contributed by atoms with E-state index >= 15 is 0 Å². The number of rotatable bonds is 11. The number of fused-ring (bicyclic) bond motifs is 1. The van der Waals surface area contributed by atoms with Gasteiger partial charge in [0, 0.05) is 70.2 Å². The van der Waals surface area contributed by atoms with E-state index in [4.69, 9.17) is 9.84 Å². The van der Waals surface area contributed by atoms with E-state index in [2.05, 4.69) is 45.6 Å². The number of carbonyl (C=O) groups excluding carboxylic acids is 1. The number of amides is 1. The summed E-state index contributed by atoms with van der Waals surface area (Å²) in [6.45, 7) is 9.16. The van der Waals surface area contributed by atoms with Crippen molar-refractivity contribution in [3.8, 4) is 17.3 Å². The van der Waals surface area contributed by atoms with E-state index < -0.39 is 38.0 Å². The van der Waals surface area contributed by atoms with Crippen LogP contribution in [0.3, 0.4) is 0 Å². The topological polar surface area (TPSA) is 138 Å². The molecule has 1 N–H and O–H groups in total. The van der Waals surface area contributed by atoms with Crippen molar-refractivity contribution in [3.63, 3.8) is 0 Å². The Bertz CT molecular complexity index is 1850. The van der Waals surface area contributed by atoms with Crippen LogP contribution in [-0.4, -0.2) is 97.0 Å². The number of carbonyl (C=O) groups is 1. The maximum atomic E-state index is 13.3. The zero-order valence-electron chi connectivity index (χ0n) is 27.8. The minimum atomic E-state index is -4.73. The lowest BCUT2D eigenvalue weighted by Crippen LogP contribution is -2.60. The summed E-state index contributed by atoms with van der Waals surface area (Å²) in [6, 6.07) is 7.51. The minimum absolute atomic E-state index is 0.0188. The van der Waals surface area contributed by atoms with Crippen LogP contribution < -0.4 is 0 Å². The molecule has 12 nitrogen and oxygen atoms in total. The number of hydrogen-bond acceptors (Lipinski definition) is 9. The number of piperazine rings is 1. The Morgan fingerprint density at radius 3 is 2.59 bits per heavy atom. The highest BCUT2D eigenvalue weighted by molar-refractivity contribution is 6.76. The van der Waals surface area contributed by atoms with Gasteiger partial charge in [-0.2, -0.15) is 23.5 Å². The van der Waals surface area contributed by atoms with Gasteiger partial charge in [0.15, 0.2) is 0 Å². The number of aliphatic hydroxyl groups is 1. The molecule has 1 aliphatic heterocycles. The number of hydrogen-bond donors (Lipinski definition) is 1. The molecule has 4 aromatic heterocycles. The number of alkyl halides is 3. The van der Waals surface area contributed by atoms with Crippen LogP contribution in [0.5, 0.6) is 0 Å². The number of ether oxygens (including phenoxy) is 1. The molecular formula is C33H40F3N9O3Si. The summed E-state index contributed by atoms with van der Waals surface area (Å²) in [7, 11) is -1.19. The smallest absolute Gasteiger partial charge is 0.392 e. The molecule has 1 saturated heterocycles. The van der Waals surface area contributed by atoms with E-state index in [9.17, 15) is 28.3 Å². The summed E-state index contributed by atoms with van der Waals surface area (Å²) in [5.41, 5.74) is 0.308. The Labute approximate surface area is 283 Å². The quantitative estimate of drug-likeness (QED) is 0.174. The molecule has 6 rings (SSSR count). The van der Waals surface area contributed by atoms with Gasteiger partial charge in [-0.15, -0.1) is 0 Å². The first-order valence-electron chi connectivity index (χ1n) is 16.3. The zero-order chi connectivity index (χ0) is 35.0. The van der Waals surface area contributed by atoms with E-state index in [1.807, 2.05) is 27.7 Å². The Kier molecular flexibility index (Phi) is 9.64. The summed E-state index contributed by atoms with van der Waals surface area (Å²) in [6.07, 6.45) is 4.12. The SMILES string of the molecule is C[Si](C)(C)CCOCn1ccc2c(-c3cnn([C@]4(CC#N)C[C@@H](N5CCN(C(=O)c6cc(CO)cc(C(F)(F)F)n6)CC5)C4)c3)ncnc21. The van der Waals surface area contributed by atoms with Gasteiger partial charge in [0.05, 0.1) is 36.5 Å². The monoisotopic (exact) mass is 695 g/mol. The number of nitrogens with zero attached hydrogens (tertiary/aromatic N) is 9. The van der Waals surface area contributed by atoms with Gasteiger partial charge in [0.25, 0.3) is 5.91 Å². The van der Waals surface area contributed by atoms with E-state index in [0.29, 0.717) is 52.4 Å². The molecule has 1 saturated carbocycles. The van der Waals surface area contributed by atoms with Crippen LogP contribution in [0.25, 0.3) is 22.3 Å². The lowest BCUT2D eigenvalue weighted by atomic mass is 9.70. The number of halogens is 3. The molecule has 16 heteroatoms. The van der Waals surface area contributed by atoms with Crippen molar-refractivity contribution >= 4 is 25.0 Å². The van der Waals surface area contributed by atoms with Crippen molar-refractivity contribution in [1.29, 1.82) is 5.26 Å². The van der Waals surface area contributed by atoms with Crippen LogP contribution in [0.1, 0.15) is 41.0 Å².